The molecule has 1 aromatic carbocycles. The minimum Gasteiger partial charge on any atom is -0.398 e. The SMILES string of the molecule is Nc1ccc(Sc2cnccn2)c2ccncc12. The molecule has 0 amide bonds. The third-order valence-corrected chi connectivity index (χ3v) is 3.56. The van der Waals surface area contributed by atoms with Gasteiger partial charge >= 0.3 is 0 Å². The zero-order valence-electron chi connectivity index (χ0n) is 9.45. The van der Waals surface area contributed by atoms with Crippen molar-refractivity contribution in [1.29, 1.82) is 0 Å². The van der Waals surface area contributed by atoms with Crippen LogP contribution in [0.5, 0.6) is 0 Å². The Morgan fingerprint density at radius 1 is 0.889 bits per heavy atom. The lowest BCUT2D eigenvalue weighted by molar-refractivity contribution is 1.06. The molecule has 0 bridgehead atoms. The van der Waals surface area contributed by atoms with Crippen LogP contribution in [0, 0.1) is 0 Å². The minimum atomic E-state index is 0.738. The number of benzene rings is 1. The van der Waals surface area contributed by atoms with E-state index >= 15 is 0 Å². The number of aromatic nitrogens is 3. The van der Waals surface area contributed by atoms with Gasteiger partial charge in [0.1, 0.15) is 5.03 Å². The molecule has 0 unspecified atom stereocenters. The van der Waals surface area contributed by atoms with Crippen molar-refractivity contribution in [1.82, 2.24) is 15.0 Å². The highest BCUT2D eigenvalue weighted by Gasteiger charge is 2.06. The van der Waals surface area contributed by atoms with Gasteiger partial charge in [0.2, 0.25) is 0 Å². The quantitative estimate of drug-likeness (QED) is 0.712. The Balaban J connectivity index is 2.10. The first-order chi connectivity index (χ1) is 8.84. The van der Waals surface area contributed by atoms with Gasteiger partial charge in [0.25, 0.3) is 0 Å². The Bertz CT molecular complexity index is 685. The first-order valence-corrected chi connectivity index (χ1v) is 6.22. The van der Waals surface area contributed by atoms with Crippen molar-refractivity contribution in [3.05, 3.63) is 49.2 Å². The lowest BCUT2D eigenvalue weighted by Crippen LogP contribution is -1.89. The van der Waals surface area contributed by atoms with E-state index in [2.05, 4.69) is 15.0 Å². The van der Waals surface area contributed by atoms with Crippen molar-refractivity contribution in [3.8, 4) is 0 Å². The summed E-state index contributed by atoms with van der Waals surface area (Å²) >= 11 is 1.57. The zero-order valence-corrected chi connectivity index (χ0v) is 10.3. The van der Waals surface area contributed by atoms with Gasteiger partial charge in [-0.1, -0.05) is 11.8 Å². The summed E-state index contributed by atoms with van der Waals surface area (Å²) in [7, 11) is 0. The summed E-state index contributed by atoms with van der Waals surface area (Å²) in [4.78, 5) is 13.5. The molecule has 4 nitrogen and oxygen atoms in total. The van der Waals surface area contributed by atoms with Gasteiger partial charge in [0.15, 0.2) is 0 Å². The monoisotopic (exact) mass is 254 g/mol. The number of nitrogens with zero attached hydrogens (tertiary/aromatic N) is 3. The Morgan fingerprint density at radius 2 is 1.78 bits per heavy atom. The summed E-state index contributed by atoms with van der Waals surface area (Å²) in [5.41, 5.74) is 6.68. The molecular formula is C13H10N4S. The van der Waals surface area contributed by atoms with Gasteiger partial charge in [-0.05, 0) is 18.2 Å². The number of hydrogen-bond acceptors (Lipinski definition) is 5. The topological polar surface area (TPSA) is 64.7 Å². The normalized spacial score (nSPS) is 10.7. The first kappa shape index (κ1) is 11.0. The Kier molecular flexibility index (Phi) is 2.82. The molecule has 0 atom stereocenters. The summed E-state index contributed by atoms with van der Waals surface area (Å²) < 4.78 is 0. The van der Waals surface area contributed by atoms with Crippen LogP contribution in [0.3, 0.4) is 0 Å². The molecule has 2 heterocycles. The highest BCUT2D eigenvalue weighted by molar-refractivity contribution is 7.99. The van der Waals surface area contributed by atoms with Gasteiger partial charge in [-0.2, -0.15) is 0 Å². The molecular weight excluding hydrogens is 244 g/mol. The maximum atomic E-state index is 5.94. The van der Waals surface area contributed by atoms with Crippen LogP contribution in [-0.4, -0.2) is 15.0 Å². The number of hydrogen-bond donors (Lipinski definition) is 1. The molecule has 88 valence electrons. The molecule has 2 aromatic heterocycles. The van der Waals surface area contributed by atoms with Crippen molar-refractivity contribution in [2.45, 2.75) is 9.92 Å². The van der Waals surface area contributed by atoms with Crippen LogP contribution in [0.15, 0.2) is 59.1 Å². The average Bonchev–Trinajstić information content (AvgIpc) is 2.44. The van der Waals surface area contributed by atoms with Gasteiger partial charge in [0.05, 0.1) is 6.20 Å². The molecule has 3 rings (SSSR count). The molecule has 0 spiro atoms. The van der Waals surface area contributed by atoms with E-state index < -0.39 is 0 Å². The van der Waals surface area contributed by atoms with Crippen LogP contribution in [0.4, 0.5) is 5.69 Å². The molecule has 0 saturated carbocycles. The van der Waals surface area contributed by atoms with E-state index in [0.717, 1.165) is 26.4 Å². The molecule has 5 heteroatoms. The maximum Gasteiger partial charge on any atom is 0.119 e. The predicted molar refractivity (Wildman–Crippen MR) is 72.3 cm³/mol. The average molecular weight is 254 g/mol. The van der Waals surface area contributed by atoms with Gasteiger partial charge in [-0.3, -0.25) is 9.97 Å². The van der Waals surface area contributed by atoms with Crippen LogP contribution in [0.1, 0.15) is 0 Å². The minimum absolute atomic E-state index is 0.738. The van der Waals surface area contributed by atoms with Gasteiger partial charge in [0, 0.05) is 46.1 Å². The van der Waals surface area contributed by atoms with E-state index in [-0.39, 0.29) is 0 Å². The largest absolute Gasteiger partial charge is 0.398 e. The number of pyridine rings is 1. The molecule has 0 aliphatic rings. The summed E-state index contributed by atoms with van der Waals surface area (Å²) in [5, 5.41) is 2.91. The maximum absolute atomic E-state index is 5.94. The highest BCUT2D eigenvalue weighted by Crippen LogP contribution is 2.33. The van der Waals surface area contributed by atoms with E-state index in [0.29, 0.717) is 0 Å². The van der Waals surface area contributed by atoms with Crippen LogP contribution in [-0.2, 0) is 0 Å². The van der Waals surface area contributed by atoms with Crippen molar-refractivity contribution >= 4 is 28.2 Å². The summed E-state index contributed by atoms with van der Waals surface area (Å²) in [6, 6.07) is 5.85. The second-order valence-corrected chi connectivity index (χ2v) is 4.78. The number of rotatable bonds is 2. The second-order valence-electron chi connectivity index (χ2n) is 3.72. The lowest BCUT2D eigenvalue weighted by atomic mass is 10.1. The van der Waals surface area contributed by atoms with Crippen LogP contribution < -0.4 is 5.73 Å². The van der Waals surface area contributed by atoms with E-state index in [1.165, 1.54) is 0 Å². The van der Waals surface area contributed by atoms with Gasteiger partial charge in [-0.25, -0.2) is 4.98 Å². The Labute approximate surface area is 108 Å². The van der Waals surface area contributed by atoms with Crippen molar-refractivity contribution in [2.75, 3.05) is 5.73 Å². The van der Waals surface area contributed by atoms with Gasteiger partial charge < -0.3 is 5.73 Å². The zero-order chi connectivity index (χ0) is 12.4. The first-order valence-electron chi connectivity index (χ1n) is 5.40. The molecule has 0 aliphatic heterocycles. The fourth-order valence-corrected chi connectivity index (χ4v) is 2.60. The Morgan fingerprint density at radius 3 is 2.61 bits per heavy atom. The fraction of sp³-hybridized carbons (Fsp3) is 0. The Hall–Kier alpha value is -2.14. The number of nitrogens with two attached hydrogens (primary N) is 1. The fourth-order valence-electron chi connectivity index (χ4n) is 1.72. The van der Waals surface area contributed by atoms with E-state index in [1.807, 2.05) is 18.2 Å². The van der Waals surface area contributed by atoms with Crippen molar-refractivity contribution in [3.63, 3.8) is 0 Å². The molecule has 0 saturated heterocycles. The van der Waals surface area contributed by atoms with E-state index in [1.54, 1.807) is 42.7 Å². The third kappa shape index (κ3) is 2.00. The lowest BCUT2D eigenvalue weighted by Gasteiger charge is -2.07. The second kappa shape index (κ2) is 4.62. The third-order valence-electron chi connectivity index (χ3n) is 2.57. The van der Waals surface area contributed by atoms with Crippen molar-refractivity contribution in [2.24, 2.45) is 0 Å². The molecule has 18 heavy (non-hydrogen) atoms. The predicted octanol–water partition coefficient (Wildman–Crippen LogP) is 2.76. The van der Waals surface area contributed by atoms with Gasteiger partial charge in [-0.15, -0.1) is 0 Å². The summed E-state index contributed by atoms with van der Waals surface area (Å²) in [5.74, 6) is 0. The molecule has 0 radical (unpaired) electrons. The summed E-state index contributed by atoms with van der Waals surface area (Å²) in [6.07, 6.45) is 8.64. The van der Waals surface area contributed by atoms with Crippen LogP contribution in [0.25, 0.3) is 10.8 Å². The summed E-state index contributed by atoms with van der Waals surface area (Å²) in [6.45, 7) is 0. The molecule has 0 aliphatic carbocycles. The van der Waals surface area contributed by atoms with Crippen LogP contribution in [0.2, 0.25) is 0 Å². The number of fused-ring (bicyclic) bond motifs is 1. The van der Waals surface area contributed by atoms with E-state index in [9.17, 15) is 0 Å². The number of anilines is 1. The van der Waals surface area contributed by atoms with E-state index in [4.69, 9.17) is 5.73 Å². The smallest absolute Gasteiger partial charge is 0.119 e. The standard InChI is InChI=1S/C13H10N4S/c14-11-1-2-12(9-3-4-15-7-10(9)11)18-13-8-16-5-6-17-13/h1-8H,14H2. The number of nitrogen functional groups attached to an aromatic ring is 1. The van der Waals surface area contributed by atoms with Crippen LogP contribution >= 0.6 is 11.8 Å². The van der Waals surface area contributed by atoms with Crippen molar-refractivity contribution < 1.29 is 0 Å². The molecule has 3 aromatic rings. The molecule has 0 fully saturated rings. The molecule has 2 N–H and O–H groups in total. The highest BCUT2D eigenvalue weighted by atomic mass is 32.2.